The first-order chi connectivity index (χ1) is 13.8. The summed E-state index contributed by atoms with van der Waals surface area (Å²) in [7, 11) is -4.67. The number of rotatable bonds is 18. The molecule has 0 aliphatic rings. The summed E-state index contributed by atoms with van der Waals surface area (Å²) in [6, 6.07) is 0. The number of esters is 2. The Morgan fingerprint density at radius 3 is 1.52 bits per heavy atom. The van der Waals surface area contributed by atoms with E-state index < -0.39 is 32.3 Å². The molecule has 0 aliphatic carbocycles. The van der Waals surface area contributed by atoms with Gasteiger partial charge in [0.25, 0.3) is 0 Å². The molecule has 0 radical (unpaired) electrons. The molecule has 8 nitrogen and oxygen atoms in total. The van der Waals surface area contributed by atoms with Crippen LogP contribution in [0.1, 0.15) is 78.1 Å². The lowest BCUT2D eigenvalue weighted by Crippen LogP contribution is -2.24. The van der Waals surface area contributed by atoms with Gasteiger partial charge in [0.1, 0.15) is 0 Å². The van der Waals surface area contributed by atoms with E-state index in [9.17, 15) is 19.0 Å². The Kier molecular flexibility index (Phi) is 15.5. The molecule has 0 amide bonds. The van der Waals surface area contributed by atoms with Crippen molar-refractivity contribution in [1.82, 2.24) is 0 Å². The topological polar surface area (TPSA) is 108 Å². The summed E-state index contributed by atoms with van der Waals surface area (Å²) >= 11 is 0. The second-order valence-electron chi connectivity index (χ2n) is 6.52. The highest BCUT2D eigenvalue weighted by Crippen LogP contribution is 2.47. The second kappa shape index (κ2) is 16.3. The minimum absolute atomic E-state index is 0.223. The molecule has 0 aromatic rings. The van der Waals surface area contributed by atoms with Crippen LogP contribution in [-0.4, -0.2) is 29.4 Å². The first-order valence-corrected chi connectivity index (χ1v) is 11.6. The predicted octanol–water partition coefficient (Wildman–Crippen LogP) is 5.17. The van der Waals surface area contributed by atoms with E-state index in [0.717, 1.165) is 50.7 Å². The number of carbonyl (C=O) groups excluding carboxylic acids is 2. The van der Waals surface area contributed by atoms with Gasteiger partial charge in [0, 0.05) is 25.0 Å². The molecule has 2 atom stereocenters. The minimum atomic E-state index is -4.67. The Labute approximate surface area is 173 Å². The van der Waals surface area contributed by atoms with E-state index in [4.69, 9.17) is 18.5 Å². The summed E-state index contributed by atoms with van der Waals surface area (Å²) in [6.07, 6.45) is 6.73. The molecule has 29 heavy (non-hydrogen) atoms. The number of phosphoric ester groups is 1. The molecule has 0 spiro atoms. The van der Waals surface area contributed by atoms with Crippen LogP contribution < -0.4 is 0 Å². The lowest BCUT2D eigenvalue weighted by atomic mass is 10.1. The zero-order chi connectivity index (χ0) is 22.1. The quantitative estimate of drug-likeness (QED) is 0.103. The maximum Gasteiger partial charge on any atom is 0.478 e. The van der Waals surface area contributed by atoms with E-state index in [2.05, 4.69) is 13.2 Å². The molecular formula is C20H35O8P. The first kappa shape index (κ1) is 27.5. The van der Waals surface area contributed by atoms with E-state index in [-0.39, 0.29) is 12.8 Å². The molecule has 0 aromatic heterocycles. The third kappa shape index (κ3) is 15.1. The van der Waals surface area contributed by atoms with E-state index in [0.29, 0.717) is 12.8 Å². The summed E-state index contributed by atoms with van der Waals surface area (Å²) in [5.74, 6) is -1.56. The Bertz CT molecular complexity index is 505. The second-order valence-corrected chi connectivity index (χ2v) is 7.88. The largest absolute Gasteiger partial charge is 0.478 e. The van der Waals surface area contributed by atoms with Crippen molar-refractivity contribution in [3.63, 3.8) is 0 Å². The lowest BCUT2D eigenvalue weighted by Gasteiger charge is -2.24. The molecule has 0 aromatic carbocycles. The van der Waals surface area contributed by atoms with E-state index in [1.54, 1.807) is 0 Å². The normalized spacial score (nSPS) is 15.0. The van der Waals surface area contributed by atoms with Gasteiger partial charge in [-0.25, -0.2) is 23.2 Å². The Hall–Kier alpha value is -1.47. The van der Waals surface area contributed by atoms with Crippen molar-refractivity contribution in [2.24, 2.45) is 0 Å². The number of ether oxygens (including phenoxy) is 2. The van der Waals surface area contributed by atoms with Crippen LogP contribution in [0.25, 0.3) is 0 Å². The number of hydrogen-bond acceptors (Lipinski definition) is 7. The molecule has 0 saturated carbocycles. The molecule has 168 valence electrons. The van der Waals surface area contributed by atoms with Crippen LogP contribution in [0.5, 0.6) is 0 Å². The van der Waals surface area contributed by atoms with Gasteiger partial charge in [0.15, 0.2) is 0 Å². The number of hydrogen-bond donors (Lipinski definition) is 1. The smallest absolute Gasteiger partial charge is 0.432 e. The first-order valence-electron chi connectivity index (χ1n) is 10.1. The third-order valence-electron chi connectivity index (χ3n) is 3.92. The fourth-order valence-electron chi connectivity index (χ4n) is 2.42. The Balaban J connectivity index is 4.96. The van der Waals surface area contributed by atoms with Crippen LogP contribution >= 0.6 is 7.82 Å². The summed E-state index contributed by atoms with van der Waals surface area (Å²) in [6.45, 7) is 10.7. The predicted molar refractivity (Wildman–Crippen MR) is 110 cm³/mol. The average molecular weight is 434 g/mol. The standard InChI is InChI=1S/C20H35O8P/c1-5-9-11-13-15-19(25-17(21)7-3)27-29(23,24)28-20(26-18(22)8-4)16-14-12-10-6-2/h7-8,19-20H,3-6,9-16H2,1-2H3,(H,23,24). The van der Waals surface area contributed by atoms with Crippen molar-refractivity contribution in [2.75, 3.05) is 0 Å². The van der Waals surface area contributed by atoms with Crippen LogP contribution in [0, 0.1) is 0 Å². The fraction of sp³-hybridized carbons (Fsp3) is 0.700. The minimum Gasteiger partial charge on any atom is -0.432 e. The van der Waals surface area contributed by atoms with Gasteiger partial charge in [-0.2, -0.15) is 0 Å². The molecule has 2 unspecified atom stereocenters. The molecule has 1 N–H and O–H groups in total. The zero-order valence-corrected chi connectivity index (χ0v) is 18.4. The van der Waals surface area contributed by atoms with Gasteiger partial charge in [-0.1, -0.05) is 65.5 Å². The van der Waals surface area contributed by atoms with Crippen LogP contribution in [-0.2, 0) is 32.7 Å². The number of carbonyl (C=O) groups is 2. The van der Waals surface area contributed by atoms with Gasteiger partial charge >= 0.3 is 19.8 Å². The van der Waals surface area contributed by atoms with E-state index in [1.165, 1.54) is 0 Å². The maximum absolute atomic E-state index is 12.4. The van der Waals surface area contributed by atoms with Gasteiger partial charge in [-0.3, -0.25) is 0 Å². The van der Waals surface area contributed by atoms with Crippen molar-refractivity contribution in [3.05, 3.63) is 25.3 Å². The van der Waals surface area contributed by atoms with E-state index >= 15 is 0 Å². The van der Waals surface area contributed by atoms with Crippen LogP contribution in [0.15, 0.2) is 25.3 Å². The van der Waals surface area contributed by atoms with Crippen molar-refractivity contribution < 1.29 is 37.6 Å². The van der Waals surface area contributed by atoms with Gasteiger partial charge in [0.2, 0.25) is 12.6 Å². The average Bonchev–Trinajstić information content (AvgIpc) is 2.67. The van der Waals surface area contributed by atoms with Crippen molar-refractivity contribution in [2.45, 2.75) is 90.6 Å². The van der Waals surface area contributed by atoms with Crippen molar-refractivity contribution in [1.29, 1.82) is 0 Å². The van der Waals surface area contributed by atoms with Crippen molar-refractivity contribution >= 4 is 19.8 Å². The highest BCUT2D eigenvalue weighted by Gasteiger charge is 2.33. The number of phosphoric acid groups is 1. The summed E-state index contributed by atoms with van der Waals surface area (Å²) in [5.41, 5.74) is 0. The van der Waals surface area contributed by atoms with Gasteiger partial charge < -0.3 is 14.4 Å². The monoisotopic (exact) mass is 434 g/mol. The SMILES string of the molecule is C=CC(=O)OC(CCCCCC)OP(=O)(O)OC(CCCCCC)OC(=O)C=C. The molecule has 0 aliphatic heterocycles. The Morgan fingerprint density at radius 2 is 1.21 bits per heavy atom. The highest BCUT2D eigenvalue weighted by molar-refractivity contribution is 7.47. The van der Waals surface area contributed by atoms with E-state index in [1.807, 2.05) is 13.8 Å². The maximum atomic E-state index is 12.4. The molecule has 0 heterocycles. The van der Waals surface area contributed by atoms with Gasteiger partial charge in [-0.05, 0) is 12.8 Å². The van der Waals surface area contributed by atoms with Crippen LogP contribution in [0.3, 0.4) is 0 Å². The Morgan fingerprint density at radius 1 is 0.828 bits per heavy atom. The zero-order valence-electron chi connectivity index (χ0n) is 17.5. The summed E-state index contributed by atoms with van der Waals surface area (Å²) in [5, 5.41) is 0. The summed E-state index contributed by atoms with van der Waals surface area (Å²) in [4.78, 5) is 33.1. The lowest BCUT2D eigenvalue weighted by molar-refractivity contribution is -0.168. The van der Waals surface area contributed by atoms with Crippen molar-refractivity contribution in [3.8, 4) is 0 Å². The fourth-order valence-corrected chi connectivity index (χ4v) is 3.36. The third-order valence-corrected chi connectivity index (χ3v) is 4.92. The molecule has 0 saturated heterocycles. The summed E-state index contributed by atoms with van der Waals surface area (Å²) < 4.78 is 32.5. The molecule has 9 heteroatoms. The molecule has 0 bridgehead atoms. The highest BCUT2D eigenvalue weighted by atomic mass is 31.2. The molecule has 0 fully saturated rings. The molecule has 0 rings (SSSR count). The van der Waals surface area contributed by atoms with Gasteiger partial charge in [0.05, 0.1) is 0 Å². The van der Waals surface area contributed by atoms with Crippen LogP contribution in [0.4, 0.5) is 0 Å². The number of unbranched alkanes of at least 4 members (excludes halogenated alkanes) is 6. The molecular weight excluding hydrogens is 399 g/mol. The van der Waals surface area contributed by atoms with Gasteiger partial charge in [-0.15, -0.1) is 0 Å². The van der Waals surface area contributed by atoms with Crippen LogP contribution in [0.2, 0.25) is 0 Å².